The van der Waals surface area contributed by atoms with Crippen LogP contribution >= 0.6 is 11.8 Å². The summed E-state index contributed by atoms with van der Waals surface area (Å²) in [5.41, 5.74) is 2.32. The largest absolute Gasteiger partial charge is 0.353 e. The summed E-state index contributed by atoms with van der Waals surface area (Å²) in [6.07, 6.45) is 2.11. The first kappa shape index (κ1) is 13.8. The number of pyridine rings is 1. The zero-order chi connectivity index (χ0) is 13.9. The molecular formula is C15H22N4S. The first-order valence-electron chi connectivity index (χ1n) is 7.28. The average molecular weight is 290 g/mol. The van der Waals surface area contributed by atoms with E-state index in [9.17, 15) is 0 Å². The molecule has 1 fully saturated rings. The minimum Gasteiger partial charge on any atom is -0.353 e. The van der Waals surface area contributed by atoms with E-state index >= 15 is 0 Å². The summed E-state index contributed by atoms with van der Waals surface area (Å²) in [6.45, 7) is 7.43. The quantitative estimate of drug-likeness (QED) is 0.937. The fraction of sp³-hybridized carbons (Fsp3) is 0.533. The van der Waals surface area contributed by atoms with Crippen LogP contribution in [0.15, 0.2) is 24.4 Å². The number of imidazole rings is 1. The fourth-order valence-electron chi connectivity index (χ4n) is 2.53. The van der Waals surface area contributed by atoms with Crippen molar-refractivity contribution in [3.8, 4) is 0 Å². The third-order valence-electron chi connectivity index (χ3n) is 3.60. The number of fused-ring (bicyclic) bond motifs is 1. The Morgan fingerprint density at radius 3 is 2.85 bits per heavy atom. The van der Waals surface area contributed by atoms with Gasteiger partial charge in [-0.05, 0) is 12.1 Å². The number of anilines is 1. The van der Waals surface area contributed by atoms with E-state index in [1.807, 2.05) is 11.8 Å². The molecule has 0 aliphatic carbocycles. The fourth-order valence-corrected chi connectivity index (χ4v) is 3.43. The van der Waals surface area contributed by atoms with Gasteiger partial charge in [-0.15, -0.1) is 0 Å². The summed E-state index contributed by atoms with van der Waals surface area (Å²) in [5.74, 6) is 3.56. The molecule has 0 atom stereocenters. The van der Waals surface area contributed by atoms with Gasteiger partial charge in [0.2, 0.25) is 0 Å². The first-order valence-corrected chi connectivity index (χ1v) is 8.43. The molecule has 1 aliphatic rings. The molecular weight excluding hydrogens is 268 g/mol. The maximum absolute atomic E-state index is 4.85. The minimum absolute atomic E-state index is 0.481. The van der Waals surface area contributed by atoms with Gasteiger partial charge in [-0.25, -0.2) is 4.98 Å². The Bertz CT molecular complexity index is 572. The Kier molecular flexibility index (Phi) is 4.17. The third kappa shape index (κ3) is 2.79. The van der Waals surface area contributed by atoms with Crippen molar-refractivity contribution in [2.75, 3.05) is 29.5 Å². The van der Waals surface area contributed by atoms with Gasteiger partial charge in [-0.1, -0.05) is 19.9 Å². The Balaban J connectivity index is 1.97. The van der Waals surface area contributed by atoms with Gasteiger partial charge in [0.15, 0.2) is 5.82 Å². The van der Waals surface area contributed by atoms with Gasteiger partial charge < -0.3 is 14.6 Å². The Hall–Kier alpha value is -1.20. The van der Waals surface area contributed by atoms with E-state index < -0.39 is 0 Å². The van der Waals surface area contributed by atoms with Crippen LogP contribution in [0, 0.1) is 0 Å². The molecule has 108 valence electrons. The Labute approximate surface area is 124 Å². The second-order valence-corrected chi connectivity index (χ2v) is 6.67. The topological polar surface area (TPSA) is 32.6 Å². The Morgan fingerprint density at radius 2 is 2.10 bits per heavy atom. The molecule has 0 bridgehead atoms. The predicted molar refractivity (Wildman–Crippen MR) is 86.7 cm³/mol. The standard InChI is InChI=1S/C15H22N4S/c1-12(2)16-11-13-15(18-7-9-20-10-8-18)17-14-5-3-4-6-19(13)14/h3-6,12,16H,7-11H2,1-2H3. The lowest BCUT2D eigenvalue weighted by Gasteiger charge is -2.27. The average Bonchev–Trinajstić information content (AvgIpc) is 2.84. The molecule has 0 saturated carbocycles. The number of hydrogen-bond donors (Lipinski definition) is 1. The number of nitrogens with one attached hydrogen (secondary N) is 1. The summed E-state index contributed by atoms with van der Waals surface area (Å²) < 4.78 is 2.21. The van der Waals surface area contributed by atoms with Gasteiger partial charge in [0.25, 0.3) is 0 Å². The Morgan fingerprint density at radius 1 is 1.30 bits per heavy atom. The van der Waals surface area contributed by atoms with Crippen LogP contribution in [0.3, 0.4) is 0 Å². The van der Waals surface area contributed by atoms with Crippen LogP contribution in [-0.4, -0.2) is 40.0 Å². The lowest BCUT2D eigenvalue weighted by molar-refractivity contribution is 0.578. The van der Waals surface area contributed by atoms with Gasteiger partial charge in [0.1, 0.15) is 5.65 Å². The summed E-state index contributed by atoms with van der Waals surface area (Å²) >= 11 is 2.03. The predicted octanol–water partition coefficient (Wildman–Crippen LogP) is 2.39. The molecule has 3 heterocycles. The van der Waals surface area contributed by atoms with Crippen LogP contribution in [0.5, 0.6) is 0 Å². The lowest BCUT2D eigenvalue weighted by atomic mass is 10.3. The number of nitrogens with zero attached hydrogens (tertiary/aromatic N) is 3. The van der Waals surface area contributed by atoms with E-state index in [-0.39, 0.29) is 0 Å². The summed E-state index contributed by atoms with van der Waals surface area (Å²) in [4.78, 5) is 7.29. The number of aromatic nitrogens is 2. The molecule has 20 heavy (non-hydrogen) atoms. The SMILES string of the molecule is CC(C)NCc1c(N2CCSCC2)nc2ccccn12. The monoisotopic (exact) mass is 290 g/mol. The van der Waals surface area contributed by atoms with Gasteiger partial charge in [0, 0.05) is 43.4 Å². The highest BCUT2D eigenvalue weighted by atomic mass is 32.2. The highest BCUT2D eigenvalue weighted by Crippen LogP contribution is 2.24. The van der Waals surface area contributed by atoms with Crippen LogP contribution in [0.4, 0.5) is 5.82 Å². The molecule has 2 aromatic heterocycles. The van der Waals surface area contributed by atoms with Crippen LogP contribution < -0.4 is 10.2 Å². The molecule has 0 unspecified atom stereocenters. The van der Waals surface area contributed by atoms with Crippen molar-refractivity contribution < 1.29 is 0 Å². The molecule has 0 aromatic carbocycles. The smallest absolute Gasteiger partial charge is 0.152 e. The molecule has 0 spiro atoms. The summed E-state index contributed by atoms with van der Waals surface area (Å²) in [5, 5.41) is 3.53. The van der Waals surface area contributed by atoms with E-state index in [4.69, 9.17) is 4.98 Å². The molecule has 1 saturated heterocycles. The molecule has 2 aromatic rings. The van der Waals surface area contributed by atoms with E-state index in [0.29, 0.717) is 6.04 Å². The maximum Gasteiger partial charge on any atom is 0.152 e. The summed E-state index contributed by atoms with van der Waals surface area (Å²) in [7, 11) is 0. The third-order valence-corrected chi connectivity index (χ3v) is 4.54. The van der Waals surface area contributed by atoms with Crippen molar-refractivity contribution in [1.82, 2.24) is 14.7 Å². The van der Waals surface area contributed by atoms with Gasteiger partial charge in [0.05, 0.1) is 5.69 Å². The number of thioether (sulfide) groups is 1. The molecule has 0 amide bonds. The molecule has 3 rings (SSSR count). The van der Waals surface area contributed by atoms with Crippen molar-refractivity contribution in [1.29, 1.82) is 0 Å². The minimum atomic E-state index is 0.481. The van der Waals surface area contributed by atoms with E-state index in [1.165, 1.54) is 17.2 Å². The zero-order valence-corrected chi connectivity index (χ0v) is 13.0. The van der Waals surface area contributed by atoms with Crippen LogP contribution in [-0.2, 0) is 6.54 Å². The molecule has 1 aliphatic heterocycles. The zero-order valence-electron chi connectivity index (χ0n) is 12.2. The highest BCUT2D eigenvalue weighted by molar-refractivity contribution is 7.99. The van der Waals surface area contributed by atoms with E-state index in [2.05, 4.69) is 52.9 Å². The normalized spacial score (nSPS) is 16.2. The second-order valence-electron chi connectivity index (χ2n) is 5.45. The molecule has 1 N–H and O–H groups in total. The second kappa shape index (κ2) is 6.06. The van der Waals surface area contributed by atoms with Crippen molar-refractivity contribution in [2.45, 2.75) is 26.4 Å². The van der Waals surface area contributed by atoms with E-state index in [1.54, 1.807) is 0 Å². The van der Waals surface area contributed by atoms with Crippen molar-refractivity contribution in [3.05, 3.63) is 30.1 Å². The van der Waals surface area contributed by atoms with E-state index in [0.717, 1.165) is 31.1 Å². The van der Waals surface area contributed by atoms with Crippen LogP contribution in [0.25, 0.3) is 5.65 Å². The van der Waals surface area contributed by atoms with Crippen LogP contribution in [0.2, 0.25) is 0 Å². The van der Waals surface area contributed by atoms with Crippen LogP contribution in [0.1, 0.15) is 19.5 Å². The lowest BCUT2D eigenvalue weighted by Crippen LogP contribution is -2.34. The molecule has 0 radical (unpaired) electrons. The maximum atomic E-state index is 4.85. The first-order chi connectivity index (χ1) is 9.75. The number of rotatable bonds is 4. The van der Waals surface area contributed by atoms with Gasteiger partial charge in [-0.3, -0.25) is 0 Å². The molecule has 4 nitrogen and oxygen atoms in total. The van der Waals surface area contributed by atoms with Crippen molar-refractivity contribution >= 4 is 23.2 Å². The van der Waals surface area contributed by atoms with Crippen molar-refractivity contribution in [2.24, 2.45) is 0 Å². The van der Waals surface area contributed by atoms with Gasteiger partial charge in [-0.2, -0.15) is 11.8 Å². The highest BCUT2D eigenvalue weighted by Gasteiger charge is 2.19. The molecule has 5 heteroatoms. The summed E-state index contributed by atoms with van der Waals surface area (Å²) in [6, 6.07) is 6.69. The van der Waals surface area contributed by atoms with Crippen molar-refractivity contribution in [3.63, 3.8) is 0 Å². The number of hydrogen-bond acceptors (Lipinski definition) is 4. The van der Waals surface area contributed by atoms with Gasteiger partial charge >= 0.3 is 0 Å².